The van der Waals surface area contributed by atoms with Crippen molar-refractivity contribution in [1.82, 2.24) is 0 Å². The van der Waals surface area contributed by atoms with Crippen molar-refractivity contribution in [2.45, 2.75) is 6.92 Å². The average Bonchev–Trinajstić information content (AvgIpc) is 1.96. The molecule has 0 aromatic heterocycles. The van der Waals surface area contributed by atoms with Gasteiger partial charge in [0.05, 0.1) is 0 Å². The van der Waals surface area contributed by atoms with Crippen molar-refractivity contribution in [3.63, 3.8) is 0 Å². The second kappa shape index (κ2) is 2.57. The van der Waals surface area contributed by atoms with Crippen LogP contribution in [-0.4, -0.2) is 14.8 Å². The van der Waals surface area contributed by atoms with Crippen LogP contribution in [0.2, 0.25) is 0 Å². The van der Waals surface area contributed by atoms with Gasteiger partial charge in [-0.3, -0.25) is 0 Å². The lowest BCUT2D eigenvalue weighted by molar-refractivity contribution is -0.123. The molecular weight excluding hydrogens is 152 g/mol. The molecule has 1 atom stereocenters. The van der Waals surface area contributed by atoms with E-state index in [9.17, 15) is 4.21 Å². The minimum Gasteiger partial charge on any atom is -0.237 e. The number of hydrogen-bond acceptors (Lipinski definition) is 3. The molecule has 1 N–H and O–H groups in total. The summed E-state index contributed by atoms with van der Waals surface area (Å²) in [5, 5.41) is 10.8. The SMILES string of the molecule is CC1=CC=S(=O)(OO)C=C1. The minimum atomic E-state index is -2.69. The van der Waals surface area contributed by atoms with E-state index in [1.54, 1.807) is 12.2 Å². The third-order valence-corrected chi connectivity index (χ3v) is 2.42. The lowest BCUT2D eigenvalue weighted by Crippen LogP contribution is -2.03. The van der Waals surface area contributed by atoms with Gasteiger partial charge in [-0.1, -0.05) is 0 Å². The molecule has 1 unspecified atom stereocenters. The molecule has 0 amide bonds. The Morgan fingerprint density at radius 1 is 1.70 bits per heavy atom. The van der Waals surface area contributed by atoms with E-state index in [0.29, 0.717) is 0 Å². The molecule has 0 saturated carbocycles. The topological polar surface area (TPSA) is 46.5 Å². The van der Waals surface area contributed by atoms with Gasteiger partial charge in [-0.2, -0.15) is 0 Å². The van der Waals surface area contributed by atoms with Crippen LogP contribution < -0.4 is 0 Å². The summed E-state index contributed by atoms with van der Waals surface area (Å²) in [6, 6.07) is 0. The van der Waals surface area contributed by atoms with Gasteiger partial charge in [0.2, 0.25) is 0 Å². The van der Waals surface area contributed by atoms with Crippen LogP contribution >= 0.6 is 0 Å². The van der Waals surface area contributed by atoms with Crippen LogP contribution in [0.3, 0.4) is 0 Å². The molecule has 3 nitrogen and oxygen atoms in total. The van der Waals surface area contributed by atoms with Gasteiger partial charge in [0.1, 0.15) is 9.80 Å². The van der Waals surface area contributed by atoms with Crippen molar-refractivity contribution in [2.24, 2.45) is 0 Å². The molecule has 1 heterocycles. The fourth-order valence-corrected chi connectivity index (χ4v) is 1.55. The zero-order chi connectivity index (χ0) is 7.61. The van der Waals surface area contributed by atoms with Crippen molar-refractivity contribution in [3.8, 4) is 0 Å². The van der Waals surface area contributed by atoms with Crippen molar-refractivity contribution in [2.75, 3.05) is 0 Å². The van der Waals surface area contributed by atoms with Crippen LogP contribution in [0.15, 0.2) is 23.1 Å². The van der Waals surface area contributed by atoms with E-state index in [0.717, 1.165) is 5.57 Å². The summed E-state index contributed by atoms with van der Waals surface area (Å²) in [7, 11) is -2.69. The Morgan fingerprint density at radius 3 is 2.80 bits per heavy atom. The van der Waals surface area contributed by atoms with Gasteiger partial charge in [0.15, 0.2) is 0 Å². The first-order chi connectivity index (χ1) is 4.66. The van der Waals surface area contributed by atoms with E-state index in [4.69, 9.17) is 5.26 Å². The fourth-order valence-electron chi connectivity index (χ4n) is 0.555. The van der Waals surface area contributed by atoms with E-state index < -0.39 is 9.80 Å². The van der Waals surface area contributed by atoms with Gasteiger partial charge in [-0.15, -0.1) is 4.33 Å². The van der Waals surface area contributed by atoms with E-state index in [2.05, 4.69) is 4.33 Å². The van der Waals surface area contributed by atoms with Crippen molar-refractivity contribution in [3.05, 3.63) is 23.1 Å². The van der Waals surface area contributed by atoms with Gasteiger partial charge in [0, 0.05) is 10.8 Å². The van der Waals surface area contributed by atoms with Crippen molar-refractivity contribution in [1.29, 1.82) is 0 Å². The third-order valence-electron chi connectivity index (χ3n) is 1.16. The highest BCUT2D eigenvalue weighted by Crippen LogP contribution is 2.05. The van der Waals surface area contributed by atoms with Crippen molar-refractivity contribution >= 4 is 15.2 Å². The Kier molecular flexibility index (Phi) is 1.94. The van der Waals surface area contributed by atoms with Crippen LogP contribution in [0.1, 0.15) is 6.92 Å². The summed E-state index contributed by atoms with van der Waals surface area (Å²) < 4.78 is 14.8. The lowest BCUT2D eigenvalue weighted by Gasteiger charge is -2.02. The Balaban J connectivity index is 3.09. The standard InChI is InChI=1S/C6H8O3S/c1-6-2-4-10(8,9-7)5-3-6/h2-5,7H,1H3. The van der Waals surface area contributed by atoms with Crippen molar-refractivity contribution < 1.29 is 13.8 Å². The zero-order valence-corrected chi connectivity index (χ0v) is 6.30. The molecule has 0 fully saturated rings. The van der Waals surface area contributed by atoms with Crippen LogP contribution in [0.4, 0.5) is 0 Å². The van der Waals surface area contributed by atoms with Crippen LogP contribution in [0.25, 0.3) is 0 Å². The number of hydrogen-bond donors (Lipinski definition) is 1. The van der Waals surface area contributed by atoms with Gasteiger partial charge < -0.3 is 0 Å². The van der Waals surface area contributed by atoms with Crippen LogP contribution in [-0.2, 0) is 14.1 Å². The Labute approximate surface area is 59.8 Å². The molecule has 10 heavy (non-hydrogen) atoms. The normalized spacial score (nSPS) is 31.2. The monoisotopic (exact) mass is 160 g/mol. The van der Waals surface area contributed by atoms with Gasteiger partial charge >= 0.3 is 0 Å². The fraction of sp³-hybridized carbons (Fsp3) is 0.167. The first-order valence-corrected chi connectivity index (χ1v) is 4.34. The molecule has 56 valence electrons. The third kappa shape index (κ3) is 1.47. The molecule has 0 spiro atoms. The molecule has 1 rings (SSSR count). The largest absolute Gasteiger partial charge is 0.237 e. The molecule has 4 heteroatoms. The average molecular weight is 160 g/mol. The molecule has 0 saturated heterocycles. The van der Waals surface area contributed by atoms with Gasteiger partial charge in [0.25, 0.3) is 0 Å². The second-order valence-electron chi connectivity index (χ2n) is 2.01. The first-order valence-electron chi connectivity index (χ1n) is 2.73. The summed E-state index contributed by atoms with van der Waals surface area (Å²) in [6.07, 6.45) is 3.27. The van der Waals surface area contributed by atoms with Gasteiger partial charge in [-0.05, 0) is 24.6 Å². The Hall–Kier alpha value is -0.580. The predicted molar refractivity (Wildman–Crippen MR) is 40.8 cm³/mol. The highest BCUT2D eigenvalue weighted by atomic mass is 32.2. The Bertz CT molecular complexity index is 292. The van der Waals surface area contributed by atoms with E-state index in [-0.39, 0.29) is 0 Å². The quantitative estimate of drug-likeness (QED) is 0.353. The molecule has 0 aromatic carbocycles. The van der Waals surface area contributed by atoms with Crippen LogP contribution in [0, 0.1) is 0 Å². The predicted octanol–water partition coefficient (Wildman–Crippen LogP) is 0.951. The van der Waals surface area contributed by atoms with E-state index in [1.165, 1.54) is 10.8 Å². The molecule has 0 aliphatic carbocycles. The molecule has 1 aliphatic rings. The highest BCUT2D eigenvalue weighted by molar-refractivity contribution is 7.99. The summed E-state index contributed by atoms with van der Waals surface area (Å²) >= 11 is 0. The molecule has 0 radical (unpaired) electrons. The summed E-state index contributed by atoms with van der Waals surface area (Å²) in [5.74, 6) is 0. The maximum absolute atomic E-state index is 11.1. The second-order valence-corrected chi connectivity index (χ2v) is 3.88. The molecule has 0 aromatic rings. The smallest absolute Gasteiger partial charge is 0.137 e. The first kappa shape index (κ1) is 7.53. The van der Waals surface area contributed by atoms with E-state index in [1.807, 2.05) is 6.92 Å². The molecule has 1 aliphatic heterocycles. The molecular formula is C6H8O3S. The summed E-state index contributed by atoms with van der Waals surface area (Å²) in [4.78, 5) is 0. The maximum Gasteiger partial charge on any atom is 0.137 e. The summed E-state index contributed by atoms with van der Waals surface area (Å²) in [6.45, 7) is 1.86. The van der Waals surface area contributed by atoms with E-state index >= 15 is 0 Å². The minimum absolute atomic E-state index is 0.982. The van der Waals surface area contributed by atoms with Gasteiger partial charge in [-0.25, -0.2) is 9.47 Å². The van der Waals surface area contributed by atoms with Crippen LogP contribution in [0.5, 0.6) is 0 Å². The summed E-state index contributed by atoms with van der Waals surface area (Å²) in [5.41, 5.74) is 0.982. The zero-order valence-electron chi connectivity index (χ0n) is 5.48. The number of rotatable bonds is 1. The maximum atomic E-state index is 11.1. The Morgan fingerprint density at radius 2 is 2.40 bits per heavy atom. The molecule has 0 bridgehead atoms. The lowest BCUT2D eigenvalue weighted by atomic mass is 10.3. The highest BCUT2D eigenvalue weighted by Gasteiger charge is 2.02. The number of allylic oxidation sites excluding steroid dienone is 3.